The molecule has 2 aromatic rings. The van der Waals surface area contributed by atoms with Crippen LogP contribution in [0.1, 0.15) is 25.8 Å². The minimum Gasteiger partial charge on any atom is -0.0871 e. The van der Waals surface area contributed by atoms with Crippen LogP contribution in [0, 0.1) is 11.3 Å². The van der Waals surface area contributed by atoms with Gasteiger partial charge in [-0.15, -0.1) is 0 Å². The van der Waals surface area contributed by atoms with E-state index in [2.05, 4.69) is 61.5 Å². The van der Waals surface area contributed by atoms with E-state index in [4.69, 9.17) is 0 Å². The fourth-order valence-electron chi connectivity index (χ4n) is 2.95. The monoisotopic (exact) mass is 274 g/mol. The fourth-order valence-corrected chi connectivity index (χ4v) is 2.95. The first-order valence-electron chi connectivity index (χ1n) is 7.69. The van der Waals surface area contributed by atoms with Gasteiger partial charge in [-0.05, 0) is 40.7 Å². The zero-order valence-electron chi connectivity index (χ0n) is 12.8. The minimum atomic E-state index is 0.508. The van der Waals surface area contributed by atoms with Gasteiger partial charge in [0.1, 0.15) is 0 Å². The van der Waals surface area contributed by atoms with Gasteiger partial charge in [-0.2, -0.15) is 0 Å². The molecule has 2 atom stereocenters. The van der Waals surface area contributed by atoms with Crippen LogP contribution < -0.4 is 10.4 Å². The van der Waals surface area contributed by atoms with Gasteiger partial charge in [-0.3, -0.25) is 0 Å². The number of allylic oxidation sites excluding steroid dienone is 1. The Morgan fingerprint density at radius 3 is 2.33 bits per heavy atom. The summed E-state index contributed by atoms with van der Waals surface area (Å²) in [6.07, 6.45) is 10.3. The smallest absolute Gasteiger partial charge is 0.00680 e. The molecule has 0 bridgehead atoms. The molecule has 0 spiro atoms. The van der Waals surface area contributed by atoms with E-state index < -0.39 is 0 Å². The van der Waals surface area contributed by atoms with Gasteiger partial charge in [0, 0.05) is 0 Å². The third-order valence-corrected chi connectivity index (χ3v) is 4.37. The van der Waals surface area contributed by atoms with Crippen LogP contribution in [-0.4, -0.2) is 0 Å². The molecule has 2 aliphatic rings. The molecular formula is C21H22. The lowest BCUT2D eigenvalue weighted by Crippen LogP contribution is -2.28. The third kappa shape index (κ3) is 3.16. The van der Waals surface area contributed by atoms with Crippen LogP contribution in [0.4, 0.5) is 0 Å². The highest BCUT2D eigenvalue weighted by atomic mass is 14.5. The first kappa shape index (κ1) is 13.9. The van der Waals surface area contributed by atoms with Crippen LogP contribution in [0.15, 0.2) is 60.7 Å². The summed E-state index contributed by atoms with van der Waals surface area (Å²) < 4.78 is 0. The maximum atomic E-state index is 2.44. The molecule has 21 heavy (non-hydrogen) atoms. The summed E-state index contributed by atoms with van der Waals surface area (Å²) in [7, 11) is 0. The van der Waals surface area contributed by atoms with E-state index >= 15 is 0 Å². The molecule has 0 heteroatoms. The van der Waals surface area contributed by atoms with E-state index in [-0.39, 0.29) is 0 Å². The molecule has 0 saturated heterocycles. The number of benzene rings is 2. The molecule has 4 rings (SSSR count). The van der Waals surface area contributed by atoms with Gasteiger partial charge in [-0.1, -0.05) is 85.8 Å². The number of fused-ring (bicyclic) bond motifs is 2. The van der Waals surface area contributed by atoms with Crippen molar-refractivity contribution in [3.63, 3.8) is 0 Å². The first-order valence-corrected chi connectivity index (χ1v) is 7.69. The highest BCUT2D eigenvalue weighted by Crippen LogP contribution is 2.55. The minimum absolute atomic E-state index is 0.508. The third-order valence-electron chi connectivity index (χ3n) is 4.37. The van der Waals surface area contributed by atoms with Gasteiger partial charge < -0.3 is 0 Å². The molecule has 1 saturated carbocycles. The predicted octanol–water partition coefficient (Wildman–Crippen LogP) is 4.01. The zero-order chi connectivity index (χ0) is 14.7. The molecule has 0 heterocycles. The maximum absolute atomic E-state index is 2.44. The van der Waals surface area contributed by atoms with Crippen molar-refractivity contribution in [1.29, 1.82) is 0 Å². The van der Waals surface area contributed by atoms with Crippen LogP contribution in [0.2, 0.25) is 0 Å². The van der Waals surface area contributed by atoms with Crippen LogP contribution in [0.3, 0.4) is 0 Å². The second-order valence-corrected chi connectivity index (χ2v) is 6.17. The Morgan fingerprint density at radius 2 is 1.62 bits per heavy atom. The quantitative estimate of drug-likeness (QED) is 0.737. The van der Waals surface area contributed by atoms with Crippen LogP contribution in [-0.2, 0) is 0 Å². The van der Waals surface area contributed by atoms with Crippen molar-refractivity contribution in [2.45, 2.75) is 20.3 Å². The lowest BCUT2D eigenvalue weighted by atomic mass is 9.99. The molecule has 2 unspecified atom stereocenters. The van der Waals surface area contributed by atoms with E-state index in [1.807, 2.05) is 31.2 Å². The summed E-state index contributed by atoms with van der Waals surface area (Å²) in [6, 6.07) is 18.9. The highest BCUT2D eigenvalue weighted by Gasteiger charge is 2.47. The first-order chi connectivity index (χ1) is 10.2. The molecule has 0 amide bonds. The van der Waals surface area contributed by atoms with E-state index in [0.717, 1.165) is 5.92 Å². The Kier molecular flexibility index (Phi) is 3.79. The average Bonchev–Trinajstić information content (AvgIpc) is 3.16. The Morgan fingerprint density at radius 1 is 0.952 bits per heavy atom. The maximum Gasteiger partial charge on any atom is -0.00680 e. The molecule has 0 N–H and O–H groups in total. The van der Waals surface area contributed by atoms with Crippen LogP contribution in [0.25, 0.3) is 18.2 Å². The molecule has 2 aliphatic carbocycles. The van der Waals surface area contributed by atoms with Crippen molar-refractivity contribution in [2.24, 2.45) is 11.3 Å². The van der Waals surface area contributed by atoms with Crippen LogP contribution >= 0.6 is 0 Å². The summed E-state index contributed by atoms with van der Waals surface area (Å²) in [5.41, 5.74) is 1.77. The Balaban J connectivity index is 0.000000133. The lowest BCUT2D eigenvalue weighted by Gasteiger charge is -2.06. The van der Waals surface area contributed by atoms with Gasteiger partial charge in [0.15, 0.2) is 0 Å². The summed E-state index contributed by atoms with van der Waals surface area (Å²) in [6.45, 7) is 4.37. The Bertz CT molecular complexity index is 752. The van der Waals surface area contributed by atoms with Crippen molar-refractivity contribution in [3.8, 4) is 0 Å². The molecule has 0 radical (unpaired) electrons. The average molecular weight is 274 g/mol. The van der Waals surface area contributed by atoms with E-state index in [9.17, 15) is 0 Å². The van der Waals surface area contributed by atoms with Gasteiger partial charge in [0.2, 0.25) is 0 Å². The summed E-state index contributed by atoms with van der Waals surface area (Å²) in [4.78, 5) is 0. The predicted molar refractivity (Wildman–Crippen MR) is 92.0 cm³/mol. The van der Waals surface area contributed by atoms with Crippen molar-refractivity contribution < 1.29 is 0 Å². The van der Waals surface area contributed by atoms with Gasteiger partial charge in [0.25, 0.3) is 0 Å². The molecule has 0 aliphatic heterocycles. The number of hydrogen-bond donors (Lipinski definition) is 0. The van der Waals surface area contributed by atoms with Crippen molar-refractivity contribution in [1.82, 2.24) is 0 Å². The lowest BCUT2D eigenvalue weighted by molar-refractivity contribution is 0.749. The van der Waals surface area contributed by atoms with E-state index in [0.29, 0.717) is 5.41 Å². The second kappa shape index (κ2) is 5.73. The fraction of sp³-hybridized carbons (Fsp3) is 0.238. The largest absolute Gasteiger partial charge is 0.0871 e. The molecular weight excluding hydrogens is 252 g/mol. The summed E-state index contributed by atoms with van der Waals surface area (Å²) in [5, 5.41) is 2.85. The summed E-state index contributed by atoms with van der Waals surface area (Å²) >= 11 is 0. The van der Waals surface area contributed by atoms with Crippen molar-refractivity contribution >= 4 is 18.2 Å². The zero-order valence-corrected chi connectivity index (χ0v) is 12.8. The topological polar surface area (TPSA) is 0 Å². The second-order valence-electron chi connectivity index (χ2n) is 6.17. The van der Waals surface area contributed by atoms with Gasteiger partial charge in [-0.25, -0.2) is 0 Å². The molecule has 106 valence electrons. The SMILES string of the molecule is C/C=C/c1ccccc1.CC12C=c3ccccc3=CC1C2. The molecule has 2 aromatic carbocycles. The van der Waals surface area contributed by atoms with E-state index in [1.54, 1.807) is 0 Å². The standard InChI is InChI=1S/C12H12.C9H10/c1-12-7-10-5-3-2-4-9(10)6-11(12)8-12;1-2-6-9-7-4-3-5-8-9/h2-7,11H,8H2,1H3;2-8H,1H3/b;6-2+. The van der Waals surface area contributed by atoms with Gasteiger partial charge >= 0.3 is 0 Å². The molecule has 0 aromatic heterocycles. The van der Waals surface area contributed by atoms with E-state index in [1.165, 1.54) is 22.4 Å². The normalized spacial score (nSPS) is 24.8. The van der Waals surface area contributed by atoms with Crippen molar-refractivity contribution in [2.75, 3.05) is 0 Å². The van der Waals surface area contributed by atoms with Crippen LogP contribution in [0.5, 0.6) is 0 Å². The Labute approximate surface area is 127 Å². The van der Waals surface area contributed by atoms with Gasteiger partial charge in [0.05, 0.1) is 0 Å². The molecule has 1 fully saturated rings. The number of hydrogen-bond acceptors (Lipinski definition) is 0. The molecule has 0 nitrogen and oxygen atoms in total. The number of rotatable bonds is 1. The Hall–Kier alpha value is -2.08. The highest BCUT2D eigenvalue weighted by molar-refractivity contribution is 5.53. The van der Waals surface area contributed by atoms with Crippen molar-refractivity contribution in [3.05, 3.63) is 76.7 Å². The summed E-state index contributed by atoms with van der Waals surface area (Å²) in [5.74, 6) is 0.826.